The molecule has 2 nitrogen and oxygen atoms in total. The van der Waals surface area contributed by atoms with E-state index >= 15 is 0 Å². The SMILES string of the molecule is O=S(=O)(c1ccccc1)c1cc(F)c(F)c(F)c1. The first kappa shape index (κ1) is 12.6. The number of benzene rings is 2. The summed E-state index contributed by atoms with van der Waals surface area (Å²) in [5, 5.41) is 0. The van der Waals surface area contributed by atoms with Crippen LogP contribution in [-0.2, 0) is 9.84 Å². The van der Waals surface area contributed by atoms with Crippen LogP contribution >= 0.6 is 0 Å². The second-order valence-electron chi connectivity index (χ2n) is 3.52. The van der Waals surface area contributed by atoms with E-state index in [0.717, 1.165) is 0 Å². The molecule has 0 aromatic heterocycles. The molecule has 0 fully saturated rings. The van der Waals surface area contributed by atoms with Crippen LogP contribution in [0.2, 0.25) is 0 Å². The zero-order valence-electron chi connectivity index (χ0n) is 8.90. The Morgan fingerprint density at radius 2 is 1.28 bits per heavy atom. The lowest BCUT2D eigenvalue weighted by atomic mass is 10.3. The molecule has 0 saturated heterocycles. The third-order valence-corrected chi connectivity index (χ3v) is 4.07. The van der Waals surface area contributed by atoms with Crippen molar-refractivity contribution in [3.05, 3.63) is 59.9 Å². The van der Waals surface area contributed by atoms with Crippen LogP contribution in [0.25, 0.3) is 0 Å². The van der Waals surface area contributed by atoms with Gasteiger partial charge < -0.3 is 0 Å². The van der Waals surface area contributed by atoms with Gasteiger partial charge >= 0.3 is 0 Å². The number of hydrogen-bond donors (Lipinski definition) is 0. The van der Waals surface area contributed by atoms with E-state index < -0.39 is 32.2 Å². The maximum Gasteiger partial charge on any atom is 0.206 e. The first-order valence-corrected chi connectivity index (χ1v) is 6.36. The van der Waals surface area contributed by atoms with E-state index in [4.69, 9.17) is 0 Å². The molecule has 6 heteroatoms. The minimum Gasteiger partial charge on any atom is -0.219 e. The molecule has 0 heterocycles. The van der Waals surface area contributed by atoms with Crippen molar-refractivity contribution in [2.75, 3.05) is 0 Å². The Morgan fingerprint density at radius 3 is 1.78 bits per heavy atom. The van der Waals surface area contributed by atoms with Crippen LogP contribution in [0.5, 0.6) is 0 Å². The summed E-state index contributed by atoms with van der Waals surface area (Å²) < 4.78 is 62.8. The Hall–Kier alpha value is -1.82. The van der Waals surface area contributed by atoms with Gasteiger partial charge in [0.2, 0.25) is 9.84 Å². The molecule has 2 aromatic carbocycles. The van der Waals surface area contributed by atoms with E-state index in [0.29, 0.717) is 12.1 Å². The maximum absolute atomic E-state index is 13.0. The molecule has 0 aliphatic rings. The van der Waals surface area contributed by atoms with Gasteiger partial charge in [-0.15, -0.1) is 0 Å². The van der Waals surface area contributed by atoms with E-state index in [9.17, 15) is 21.6 Å². The van der Waals surface area contributed by atoms with E-state index in [-0.39, 0.29) is 4.90 Å². The summed E-state index contributed by atoms with van der Waals surface area (Å²) in [5.74, 6) is -4.77. The predicted molar refractivity (Wildman–Crippen MR) is 58.2 cm³/mol. The zero-order chi connectivity index (χ0) is 13.3. The molecule has 0 radical (unpaired) electrons. The van der Waals surface area contributed by atoms with Crippen molar-refractivity contribution in [3.8, 4) is 0 Å². The monoisotopic (exact) mass is 272 g/mol. The first-order chi connectivity index (χ1) is 8.43. The summed E-state index contributed by atoms with van der Waals surface area (Å²) in [5.41, 5.74) is 0. The first-order valence-electron chi connectivity index (χ1n) is 4.87. The summed E-state index contributed by atoms with van der Waals surface area (Å²) in [6.07, 6.45) is 0. The minimum absolute atomic E-state index is 0.115. The van der Waals surface area contributed by atoms with Gasteiger partial charge in [-0.25, -0.2) is 21.6 Å². The van der Waals surface area contributed by atoms with Gasteiger partial charge in [0.1, 0.15) is 0 Å². The molecular weight excluding hydrogens is 265 g/mol. The Kier molecular flexibility index (Phi) is 3.13. The number of hydrogen-bond acceptors (Lipinski definition) is 2. The highest BCUT2D eigenvalue weighted by atomic mass is 32.2. The quantitative estimate of drug-likeness (QED) is 0.622. The molecule has 0 aliphatic heterocycles. The van der Waals surface area contributed by atoms with Crippen LogP contribution in [0, 0.1) is 17.5 Å². The van der Waals surface area contributed by atoms with Crippen molar-refractivity contribution in [3.63, 3.8) is 0 Å². The van der Waals surface area contributed by atoms with Crippen LogP contribution in [0.15, 0.2) is 52.3 Å². The van der Waals surface area contributed by atoms with Crippen LogP contribution in [0.4, 0.5) is 13.2 Å². The molecule has 0 aliphatic carbocycles. The molecule has 0 spiro atoms. The standard InChI is InChI=1S/C12H7F3O2S/c13-10-6-9(7-11(14)12(10)15)18(16,17)8-4-2-1-3-5-8/h1-7H. The average Bonchev–Trinajstić information content (AvgIpc) is 2.36. The van der Waals surface area contributed by atoms with E-state index in [2.05, 4.69) is 0 Å². The molecule has 18 heavy (non-hydrogen) atoms. The third kappa shape index (κ3) is 2.11. The highest BCUT2D eigenvalue weighted by Gasteiger charge is 2.21. The van der Waals surface area contributed by atoms with Crippen LogP contribution < -0.4 is 0 Å². The molecule has 0 bridgehead atoms. The van der Waals surface area contributed by atoms with Gasteiger partial charge in [0, 0.05) is 0 Å². The highest BCUT2D eigenvalue weighted by molar-refractivity contribution is 7.91. The molecule has 0 unspecified atom stereocenters. The smallest absolute Gasteiger partial charge is 0.206 e. The van der Waals surface area contributed by atoms with Gasteiger partial charge in [-0.1, -0.05) is 18.2 Å². The Labute approximate surface area is 102 Å². The molecule has 2 aromatic rings. The van der Waals surface area contributed by atoms with Gasteiger partial charge in [0.25, 0.3) is 0 Å². The Morgan fingerprint density at radius 1 is 0.778 bits per heavy atom. The summed E-state index contributed by atoms with van der Waals surface area (Å²) in [6, 6.07) is 8.04. The normalized spacial score (nSPS) is 11.5. The van der Waals surface area contributed by atoms with Gasteiger partial charge in [-0.05, 0) is 24.3 Å². The van der Waals surface area contributed by atoms with Crippen LogP contribution in [0.1, 0.15) is 0 Å². The van der Waals surface area contributed by atoms with Gasteiger partial charge in [0.05, 0.1) is 9.79 Å². The van der Waals surface area contributed by atoms with Gasteiger partial charge in [-0.3, -0.25) is 0 Å². The highest BCUT2D eigenvalue weighted by Crippen LogP contribution is 2.23. The number of halogens is 3. The van der Waals surface area contributed by atoms with Crippen LogP contribution in [0.3, 0.4) is 0 Å². The molecule has 2 rings (SSSR count). The second kappa shape index (κ2) is 4.45. The van der Waals surface area contributed by atoms with Gasteiger partial charge in [-0.2, -0.15) is 0 Å². The van der Waals surface area contributed by atoms with Gasteiger partial charge in [0.15, 0.2) is 17.5 Å². The van der Waals surface area contributed by atoms with Crippen molar-refractivity contribution >= 4 is 9.84 Å². The minimum atomic E-state index is -4.05. The maximum atomic E-state index is 13.0. The topological polar surface area (TPSA) is 34.1 Å². The van der Waals surface area contributed by atoms with Crippen LogP contribution in [-0.4, -0.2) is 8.42 Å². The molecule has 0 saturated carbocycles. The van der Waals surface area contributed by atoms with E-state index in [1.165, 1.54) is 24.3 Å². The second-order valence-corrected chi connectivity index (χ2v) is 5.47. The molecule has 0 atom stereocenters. The van der Waals surface area contributed by atoms with E-state index in [1.807, 2.05) is 0 Å². The van der Waals surface area contributed by atoms with Crippen molar-refractivity contribution in [1.82, 2.24) is 0 Å². The lowest BCUT2D eigenvalue weighted by Gasteiger charge is -2.05. The lowest BCUT2D eigenvalue weighted by molar-refractivity contribution is 0.442. The predicted octanol–water partition coefficient (Wildman–Crippen LogP) is 2.94. The molecular formula is C12H7F3O2S. The zero-order valence-corrected chi connectivity index (χ0v) is 9.72. The third-order valence-electron chi connectivity index (χ3n) is 2.32. The van der Waals surface area contributed by atoms with Crippen molar-refractivity contribution in [1.29, 1.82) is 0 Å². The van der Waals surface area contributed by atoms with Crippen molar-refractivity contribution in [2.24, 2.45) is 0 Å². The number of rotatable bonds is 2. The summed E-state index contributed by atoms with van der Waals surface area (Å²) in [4.78, 5) is -0.736. The number of sulfone groups is 1. The summed E-state index contributed by atoms with van der Waals surface area (Å²) >= 11 is 0. The van der Waals surface area contributed by atoms with Crippen molar-refractivity contribution in [2.45, 2.75) is 9.79 Å². The Balaban J connectivity index is 2.63. The van der Waals surface area contributed by atoms with Crippen molar-refractivity contribution < 1.29 is 21.6 Å². The fourth-order valence-corrected chi connectivity index (χ4v) is 2.73. The fraction of sp³-hybridized carbons (Fsp3) is 0. The molecule has 0 amide bonds. The fourth-order valence-electron chi connectivity index (χ4n) is 1.42. The Bertz CT molecular complexity index is 659. The van der Waals surface area contributed by atoms with E-state index in [1.54, 1.807) is 6.07 Å². The molecule has 0 N–H and O–H groups in total. The summed E-state index contributed by atoms with van der Waals surface area (Å²) in [7, 11) is -4.05. The average molecular weight is 272 g/mol. The summed E-state index contributed by atoms with van der Waals surface area (Å²) in [6.45, 7) is 0. The largest absolute Gasteiger partial charge is 0.219 e. The lowest BCUT2D eigenvalue weighted by Crippen LogP contribution is -2.04. The molecule has 94 valence electrons.